The van der Waals surface area contributed by atoms with E-state index in [0.717, 1.165) is 29.1 Å². The molecule has 3 rings (SSSR count). The van der Waals surface area contributed by atoms with Crippen molar-refractivity contribution in [1.29, 1.82) is 0 Å². The Bertz CT molecular complexity index is 837. The molecule has 0 aliphatic rings. The fourth-order valence-corrected chi connectivity index (χ4v) is 3.85. The summed E-state index contributed by atoms with van der Waals surface area (Å²) in [6, 6.07) is 12.1. The van der Waals surface area contributed by atoms with E-state index in [1.165, 1.54) is 4.88 Å². The highest BCUT2D eigenvalue weighted by atomic mass is 32.1. The molecule has 1 unspecified atom stereocenters. The molecule has 130 valence electrons. The van der Waals surface area contributed by atoms with E-state index in [1.54, 1.807) is 17.5 Å². The zero-order valence-electron chi connectivity index (χ0n) is 14.8. The van der Waals surface area contributed by atoms with E-state index in [1.807, 2.05) is 51.1 Å². The van der Waals surface area contributed by atoms with Crippen LogP contribution >= 0.6 is 11.3 Å². The Morgan fingerprint density at radius 2 is 2.12 bits per heavy atom. The summed E-state index contributed by atoms with van der Waals surface area (Å²) in [5.74, 6) is -0.00979. The SMILES string of the molecule is Cc1cc(C(=O)NC(C)Cc2cccs2)c(C)n1Cc1ccccn1. The maximum Gasteiger partial charge on any atom is 0.253 e. The first-order chi connectivity index (χ1) is 12.0. The second-order valence-electron chi connectivity index (χ2n) is 6.35. The molecule has 0 fully saturated rings. The summed E-state index contributed by atoms with van der Waals surface area (Å²) in [4.78, 5) is 18.4. The monoisotopic (exact) mass is 353 g/mol. The van der Waals surface area contributed by atoms with Crippen LogP contribution in [0.15, 0.2) is 48.0 Å². The third-order valence-corrected chi connectivity index (χ3v) is 5.23. The number of carbonyl (C=O) groups is 1. The first kappa shape index (κ1) is 17.4. The van der Waals surface area contributed by atoms with Gasteiger partial charge in [-0.05, 0) is 50.4 Å². The van der Waals surface area contributed by atoms with Gasteiger partial charge < -0.3 is 9.88 Å². The van der Waals surface area contributed by atoms with E-state index < -0.39 is 0 Å². The molecule has 5 heteroatoms. The second-order valence-corrected chi connectivity index (χ2v) is 7.38. The van der Waals surface area contributed by atoms with Crippen molar-refractivity contribution >= 4 is 17.2 Å². The van der Waals surface area contributed by atoms with E-state index in [-0.39, 0.29) is 11.9 Å². The molecule has 0 aromatic carbocycles. The van der Waals surface area contributed by atoms with Crippen molar-refractivity contribution in [3.63, 3.8) is 0 Å². The van der Waals surface area contributed by atoms with Gasteiger partial charge in [-0.1, -0.05) is 12.1 Å². The normalized spacial score (nSPS) is 12.1. The minimum atomic E-state index is -0.00979. The molecule has 1 N–H and O–H groups in total. The Hall–Kier alpha value is -2.40. The van der Waals surface area contributed by atoms with Gasteiger partial charge in [0.05, 0.1) is 17.8 Å². The summed E-state index contributed by atoms with van der Waals surface area (Å²) in [5.41, 5.74) is 3.77. The van der Waals surface area contributed by atoms with Crippen LogP contribution in [-0.4, -0.2) is 21.5 Å². The van der Waals surface area contributed by atoms with Crippen LogP contribution in [0.5, 0.6) is 0 Å². The standard InChI is InChI=1S/C20H23N3OS/c1-14(11-18-8-6-10-25-18)22-20(24)19-12-15(2)23(16(19)3)13-17-7-4-5-9-21-17/h4-10,12,14H,11,13H2,1-3H3,(H,22,24). The van der Waals surface area contributed by atoms with Crippen molar-refractivity contribution in [2.45, 2.75) is 39.8 Å². The van der Waals surface area contributed by atoms with Gasteiger partial charge >= 0.3 is 0 Å². The molecular weight excluding hydrogens is 330 g/mol. The molecule has 0 saturated heterocycles. The molecule has 0 bridgehead atoms. The Morgan fingerprint density at radius 1 is 1.28 bits per heavy atom. The molecule has 3 heterocycles. The molecule has 0 spiro atoms. The van der Waals surface area contributed by atoms with E-state index in [0.29, 0.717) is 6.54 Å². The Morgan fingerprint density at radius 3 is 2.80 bits per heavy atom. The van der Waals surface area contributed by atoms with Gasteiger partial charge in [0.15, 0.2) is 0 Å². The number of nitrogens with zero attached hydrogens (tertiary/aromatic N) is 2. The number of nitrogens with one attached hydrogen (secondary N) is 1. The molecule has 0 saturated carbocycles. The molecule has 1 atom stereocenters. The van der Waals surface area contributed by atoms with Crippen LogP contribution in [0.1, 0.15) is 39.2 Å². The highest BCUT2D eigenvalue weighted by molar-refractivity contribution is 7.09. The Kier molecular flexibility index (Phi) is 5.34. The van der Waals surface area contributed by atoms with Crippen molar-refractivity contribution in [2.75, 3.05) is 0 Å². The minimum Gasteiger partial charge on any atom is -0.349 e. The van der Waals surface area contributed by atoms with Crippen molar-refractivity contribution in [3.8, 4) is 0 Å². The predicted octanol–water partition coefficient (Wildman–Crippen LogP) is 3.97. The summed E-state index contributed by atoms with van der Waals surface area (Å²) in [5, 5.41) is 5.18. The molecule has 3 aromatic heterocycles. The maximum absolute atomic E-state index is 12.7. The van der Waals surface area contributed by atoms with Crippen molar-refractivity contribution in [3.05, 3.63) is 75.5 Å². The van der Waals surface area contributed by atoms with Crippen molar-refractivity contribution in [1.82, 2.24) is 14.9 Å². The third kappa shape index (κ3) is 4.17. The lowest BCUT2D eigenvalue weighted by atomic mass is 10.1. The quantitative estimate of drug-likeness (QED) is 0.729. The number of pyridine rings is 1. The second kappa shape index (κ2) is 7.66. The lowest BCUT2D eigenvalue weighted by Crippen LogP contribution is -2.34. The fourth-order valence-electron chi connectivity index (χ4n) is 3.01. The van der Waals surface area contributed by atoms with Gasteiger partial charge in [0, 0.05) is 34.9 Å². The fraction of sp³-hybridized carbons (Fsp3) is 0.300. The van der Waals surface area contributed by atoms with E-state index in [2.05, 4.69) is 26.3 Å². The van der Waals surface area contributed by atoms with Gasteiger partial charge in [0.2, 0.25) is 0 Å². The number of carbonyl (C=O) groups excluding carboxylic acids is 1. The lowest BCUT2D eigenvalue weighted by molar-refractivity contribution is 0.0939. The molecule has 0 radical (unpaired) electrons. The average Bonchev–Trinajstić information content (AvgIpc) is 3.19. The zero-order valence-corrected chi connectivity index (χ0v) is 15.6. The number of thiophene rings is 1. The molecule has 0 aliphatic heterocycles. The first-order valence-corrected chi connectivity index (χ1v) is 9.32. The average molecular weight is 353 g/mol. The van der Waals surface area contributed by atoms with E-state index in [9.17, 15) is 4.79 Å². The first-order valence-electron chi connectivity index (χ1n) is 8.44. The number of aromatic nitrogens is 2. The van der Waals surface area contributed by atoms with Gasteiger partial charge in [0.1, 0.15) is 0 Å². The summed E-state index contributed by atoms with van der Waals surface area (Å²) in [7, 11) is 0. The molecule has 0 aliphatic carbocycles. The number of hydrogen-bond acceptors (Lipinski definition) is 3. The Labute approximate surface area is 152 Å². The summed E-state index contributed by atoms with van der Waals surface area (Å²) in [6.07, 6.45) is 2.65. The van der Waals surface area contributed by atoms with E-state index in [4.69, 9.17) is 0 Å². The molecule has 4 nitrogen and oxygen atoms in total. The van der Waals surface area contributed by atoms with Gasteiger partial charge in [0.25, 0.3) is 5.91 Å². The van der Waals surface area contributed by atoms with Gasteiger partial charge in [-0.3, -0.25) is 9.78 Å². The van der Waals surface area contributed by atoms with Crippen LogP contribution in [0.2, 0.25) is 0 Å². The number of amides is 1. The van der Waals surface area contributed by atoms with Crippen LogP contribution in [-0.2, 0) is 13.0 Å². The number of aryl methyl sites for hydroxylation is 1. The van der Waals surface area contributed by atoms with Crippen LogP contribution in [0.25, 0.3) is 0 Å². The highest BCUT2D eigenvalue weighted by Crippen LogP contribution is 2.17. The van der Waals surface area contributed by atoms with Crippen molar-refractivity contribution < 1.29 is 4.79 Å². The van der Waals surface area contributed by atoms with Gasteiger partial charge in [-0.2, -0.15) is 0 Å². The summed E-state index contributed by atoms with van der Waals surface area (Å²) in [6.45, 7) is 6.75. The minimum absolute atomic E-state index is 0.00979. The van der Waals surface area contributed by atoms with Crippen LogP contribution < -0.4 is 5.32 Å². The maximum atomic E-state index is 12.7. The van der Waals surface area contributed by atoms with Crippen LogP contribution in [0, 0.1) is 13.8 Å². The largest absolute Gasteiger partial charge is 0.349 e. The molecular formula is C20H23N3OS. The predicted molar refractivity (Wildman–Crippen MR) is 102 cm³/mol. The van der Waals surface area contributed by atoms with Gasteiger partial charge in [-0.25, -0.2) is 0 Å². The van der Waals surface area contributed by atoms with Gasteiger partial charge in [-0.15, -0.1) is 11.3 Å². The molecule has 25 heavy (non-hydrogen) atoms. The highest BCUT2D eigenvalue weighted by Gasteiger charge is 2.18. The third-order valence-electron chi connectivity index (χ3n) is 4.33. The topological polar surface area (TPSA) is 46.9 Å². The molecule has 1 amide bonds. The summed E-state index contributed by atoms with van der Waals surface area (Å²) < 4.78 is 2.14. The van der Waals surface area contributed by atoms with Crippen molar-refractivity contribution in [2.24, 2.45) is 0 Å². The summed E-state index contributed by atoms with van der Waals surface area (Å²) >= 11 is 1.72. The lowest BCUT2D eigenvalue weighted by Gasteiger charge is -2.13. The smallest absolute Gasteiger partial charge is 0.253 e. The van der Waals surface area contributed by atoms with E-state index >= 15 is 0 Å². The number of rotatable bonds is 6. The van der Waals surface area contributed by atoms with Crippen LogP contribution in [0.3, 0.4) is 0 Å². The number of hydrogen-bond donors (Lipinski definition) is 1. The Balaban J connectivity index is 1.71. The zero-order chi connectivity index (χ0) is 17.8. The molecule has 3 aromatic rings. The van der Waals surface area contributed by atoms with Crippen LogP contribution in [0.4, 0.5) is 0 Å².